The first-order valence-electron chi connectivity index (χ1n) is 8.19. The molecule has 0 aromatic carbocycles. The number of hydrogen-bond donors (Lipinski definition) is 0. The Morgan fingerprint density at radius 3 is 2.16 bits per heavy atom. The molecule has 2 heterocycles. The van der Waals surface area contributed by atoms with Gasteiger partial charge in [-0.25, -0.2) is 0 Å². The molecule has 0 unspecified atom stereocenters. The van der Waals surface area contributed by atoms with Crippen molar-refractivity contribution < 1.29 is 4.79 Å². The lowest BCUT2D eigenvalue weighted by Gasteiger charge is -2.54. The van der Waals surface area contributed by atoms with Crippen molar-refractivity contribution in [1.29, 1.82) is 0 Å². The van der Waals surface area contributed by atoms with Crippen LogP contribution in [0.4, 0.5) is 0 Å². The smallest absolute Gasteiger partial charge is 0.222 e. The van der Waals surface area contributed by atoms with Gasteiger partial charge >= 0.3 is 0 Å². The molecule has 0 bridgehead atoms. The second-order valence-corrected chi connectivity index (χ2v) is 5.80. The van der Waals surface area contributed by atoms with Crippen LogP contribution < -0.4 is 0 Å². The van der Waals surface area contributed by atoms with Crippen molar-refractivity contribution in [2.24, 2.45) is 5.41 Å². The quantitative estimate of drug-likeness (QED) is 0.782. The van der Waals surface area contributed by atoms with E-state index in [9.17, 15) is 4.79 Å². The highest BCUT2D eigenvalue weighted by molar-refractivity contribution is 5.75. The third-order valence-corrected chi connectivity index (χ3v) is 4.43. The molecule has 3 nitrogen and oxygen atoms in total. The molecule has 0 aromatic rings. The van der Waals surface area contributed by atoms with Gasteiger partial charge in [-0.15, -0.1) is 0 Å². The van der Waals surface area contributed by atoms with Gasteiger partial charge in [0.05, 0.1) is 0 Å². The lowest BCUT2D eigenvalue weighted by molar-refractivity contribution is -0.135. The first-order chi connectivity index (χ1) is 9.19. The van der Waals surface area contributed by atoms with E-state index in [-0.39, 0.29) is 0 Å². The van der Waals surface area contributed by atoms with E-state index in [1.807, 2.05) is 20.8 Å². The standard InChI is InChI=1S/C14H26N2O.C2H6/c1-3-5-8-15-11-14(12-15)6-9-16(10-7-14)13(17)4-2;1-2/h3-12H2,1-2H3;1-2H3. The number of nitrogens with zero attached hydrogens (tertiary/aromatic N) is 2. The van der Waals surface area contributed by atoms with E-state index in [1.54, 1.807) is 0 Å². The minimum atomic E-state index is 0.335. The van der Waals surface area contributed by atoms with Crippen LogP contribution in [0.1, 0.15) is 59.8 Å². The Hall–Kier alpha value is -0.570. The zero-order chi connectivity index (χ0) is 14.3. The van der Waals surface area contributed by atoms with Crippen LogP contribution in [0.15, 0.2) is 0 Å². The maximum absolute atomic E-state index is 11.6. The molecule has 1 amide bonds. The number of rotatable bonds is 4. The van der Waals surface area contributed by atoms with E-state index in [0.29, 0.717) is 17.7 Å². The Kier molecular flexibility index (Phi) is 6.84. The van der Waals surface area contributed by atoms with Gasteiger partial charge in [-0.1, -0.05) is 34.1 Å². The second-order valence-electron chi connectivity index (χ2n) is 5.80. The van der Waals surface area contributed by atoms with Gasteiger partial charge in [0.2, 0.25) is 5.91 Å². The zero-order valence-corrected chi connectivity index (χ0v) is 13.4. The Labute approximate surface area is 119 Å². The van der Waals surface area contributed by atoms with Crippen molar-refractivity contribution in [2.75, 3.05) is 32.7 Å². The predicted molar refractivity (Wildman–Crippen MR) is 81.2 cm³/mol. The Balaban J connectivity index is 0.000000861. The Bertz CT molecular complexity index is 262. The van der Waals surface area contributed by atoms with Crippen LogP contribution in [0.2, 0.25) is 0 Å². The highest BCUT2D eigenvalue weighted by atomic mass is 16.2. The van der Waals surface area contributed by atoms with Crippen molar-refractivity contribution in [3.8, 4) is 0 Å². The molecular formula is C16H32N2O. The molecule has 2 saturated heterocycles. The summed E-state index contributed by atoms with van der Waals surface area (Å²) < 4.78 is 0. The molecule has 112 valence electrons. The van der Waals surface area contributed by atoms with E-state index >= 15 is 0 Å². The van der Waals surface area contributed by atoms with Gasteiger partial charge in [0.15, 0.2) is 0 Å². The van der Waals surface area contributed by atoms with Crippen LogP contribution in [0.5, 0.6) is 0 Å². The molecule has 3 heteroatoms. The van der Waals surface area contributed by atoms with Crippen molar-refractivity contribution >= 4 is 5.91 Å². The van der Waals surface area contributed by atoms with Crippen molar-refractivity contribution in [3.63, 3.8) is 0 Å². The number of piperidine rings is 1. The van der Waals surface area contributed by atoms with Gasteiger partial charge in [-0.3, -0.25) is 4.79 Å². The third-order valence-electron chi connectivity index (χ3n) is 4.43. The van der Waals surface area contributed by atoms with Crippen LogP contribution in [-0.4, -0.2) is 48.4 Å². The SMILES string of the molecule is CC.CCCCN1CC2(CCN(C(=O)CC)CC2)C1. The number of hydrogen-bond acceptors (Lipinski definition) is 2. The summed E-state index contributed by atoms with van der Waals surface area (Å²) in [7, 11) is 0. The summed E-state index contributed by atoms with van der Waals surface area (Å²) in [5.41, 5.74) is 0.568. The van der Waals surface area contributed by atoms with E-state index in [1.165, 1.54) is 45.3 Å². The second kappa shape index (κ2) is 7.88. The van der Waals surface area contributed by atoms with Gasteiger partial charge in [-0.05, 0) is 31.2 Å². The van der Waals surface area contributed by atoms with Crippen LogP contribution in [0.3, 0.4) is 0 Å². The lowest BCUT2D eigenvalue weighted by atomic mass is 9.72. The Morgan fingerprint density at radius 1 is 1.11 bits per heavy atom. The fourth-order valence-electron chi connectivity index (χ4n) is 3.21. The van der Waals surface area contributed by atoms with Gasteiger partial charge in [0, 0.05) is 32.6 Å². The Morgan fingerprint density at radius 2 is 1.68 bits per heavy atom. The molecule has 0 saturated carbocycles. The average molecular weight is 268 g/mol. The average Bonchev–Trinajstić information content (AvgIpc) is 2.44. The maximum Gasteiger partial charge on any atom is 0.222 e. The van der Waals surface area contributed by atoms with Gasteiger partial charge in [0.25, 0.3) is 0 Å². The fourth-order valence-corrected chi connectivity index (χ4v) is 3.21. The lowest BCUT2D eigenvalue weighted by Crippen LogP contribution is -2.60. The van der Waals surface area contributed by atoms with E-state index in [4.69, 9.17) is 0 Å². The van der Waals surface area contributed by atoms with E-state index in [2.05, 4.69) is 16.7 Å². The molecule has 0 aromatic heterocycles. The minimum Gasteiger partial charge on any atom is -0.343 e. The molecule has 19 heavy (non-hydrogen) atoms. The van der Waals surface area contributed by atoms with Gasteiger partial charge in [-0.2, -0.15) is 0 Å². The van der Waals surface area contributed by atoms with E-state index in [0.717, 1.165) is 13.1 Å². The normalized spacial score (nSPS) is 21.6. The minimum absolute atomic E-state index is 0.335. The van der Waals surface area contributed by atoms with Crippen LogP contribution in [-0.2, 0) is 4.79 Å². The third kappa shape index (κ3) is 4.20. The highest BCUT2D eigenvalue weighted by Gasteiger charge is 2.44. The van der Waals surface area contributed by atoms with Crippen molar-refractivity contribution in [1.82, 2.24) is 9.80 Å². The highest BCUT2D eigenvalue weighted by Crippen LogP contribution is 2.40. The van der Waals surface area contributed by atoms with Crippen molar-refractivity contribution in [2.45, 2.75) is 59.8 Å². The number of amides is 1. The number of carbonyl (C=O) groups excluding carboxylic acids is 1. The summed E-state index contributed by atoms with van der Waals surface area (Å²) in [5, 5.41) is 0. The first-order valence-corrected chi connectivity index (χ1v) is 8.19. The monoisotopic (exact) mass is 268 g/mol. The molecule has 0 aliphatic carbocycles. The summed E-state index contributed by atoms with van der Waals surface area (Å²) in [6.45, 7) is 14.0. The molecular weight excluding hydrogens is 236 g/mol. The molecule has 2 rings (SSSR count). The maximum atomic E-state index is 11.6. The molecule has 2 aliphatic heterocycles. The predicted octanol–water partition coefficient (Wildman–Crippen LogP) is 3.15. The topological polar surface area (TPSA) is 23.6 Å². The van der Waals surface area contributed by atoms with Gasteiger partial charge in [0.1, 0.15) is 0 Å². The number of unbranched alkanes of at least 4 members (excludes halogenated alkanes) is 1. The van der Waals surface area contributed by atoms with E-state index < -0.39 is 0 Å². The van der Waals surface area contributed by atoms with Crippen LogP contribution >= 0.6 is 0 Å². The molecule has 2 aliphatic rings. The summed E-state index contributed by atoms with van der Waals surface area (Å²) in [4.78, 5) is 16.2. The van der Waals surface area contributed by atoms with Gasteiger partial charge < -0.3 is 9.80 Å². The number of likely N-dealkylation sites (tertiary alicyclic amines) is 2. The summed E-state index contributed by atoms with van der Waals surface area (Å²) in [6, 6.07) is 0. The molecule has 0 radical (unpaired) electrons. The largest absolute Gasteiger partial charge is 0.343 e. The molecule has 0 atom stereocenters. The summed E-state index contributed by atoms with van der Waals surface area (Å²) >= 11 is 0. The van der Waals surface area contributed by atoms with Crippen LogP contribution in [0, 0.1) is 5.41 Å². The van der Waals surface area contributed by atoms with Crippen LogP contribution in [0.25, 0.3) is 0 Å². The summed E-state index contributed by atoms with van der Waals surface area (Å²) in [5.74, 6) is 0.335. The molecule has 0 N–H and O–H groups in total. The fraction of sp³-hybridized carbons (Fsp3) is 0.938. The summed E-state index contributed by atoms with van der Waals surface area (Å²) in [6.07, 6.45) is 5.73. The zero-order valence-electron chi connectivity index (χ0n) is 13.4. The first kappa shape index (κ1) is 16.5. The van der Waals surface area contributed by atoms with Crippen molar-refractivity contribution in [3.05, 3.63) is 0 Å². The molecule has 1 spiro atoms. The molecule has 2 fully saturated rings. The number of carbonyl (C=O) groups is 1.